The first kappa shape index (κ1) is 25.2. The van der Waals surface area contributed by atoms with Gasteiger partial charge in [-0.3, -0.25) is 4.79 Å². The largest absolute Gasteiger partial charge is 0.469 e. The third-order valence-electron chi connectivity index (χ3n) is 6.64. The second-order valence-electron chi connectivity index (χ2n) is 8.98. The average molecular weight is 453 g/mol. The molecule has 1 unspecified atom stereocenters. The molecule has 0 radical (unpaired) electrons. The van der Waals surface area contributed by atoms with E-state index in [4.69, 9.17) is 14.2 Å². The van der Waals surface area contributed by atoms with Crippen LogP contribution in [0.25, 0.3) is 0 Å². The van der Waals surface area contributed by atoms with Crippen molar-refractivity contribution < 1.29 is 24.1 Å². The summed E-state index contributed by atoms with van der Waals surface area (Å²) in [6.45, 7) is 4.19. The summed E-state index contributed by atoms with van der Waals surface area (Å²) >= 11 is 0. The molecule has 0 bridgehead atoms. The standard InChI is InChI=1S/C28H36O5/c1-28(26(29)14-9-17-32-19-22-10-5-3-6-11-22)16-15-24(27(30)31-2)18-25(28)21-33-20-23-12-7-4-8-13-23/h3-8,10-13,15-16,24-26,29H,9,14,17-21H2,1-2H3/t24?,25-,26+,28-/m1/s1. The molecule has 0 spiro atoms. The van der Waals surface area contributed by atoms with E-state index in [2.05, 4.69) is 6.92 Å². The minimum Gasteiger partial charge on any atom is -0.469 e. The van der Waals surface area contributed by atoms with Crippen molar-refractivity contribution in [1.82, 2.24) is 0 Å². The minimum atomic E-state index is -0.557. The van der Waals surface area contributed by atoms with E-state index in [1.807, 2.05) is 72.8 Å². The van der Waals surface area contributed by atoms with E-state index in [0.29, 0.717) is 39.3 Å². The van der Waals surface area contributed by atoms with E-state index in [9.17, 15) is 9.90 Å². The number of aliphatic hydroxyl groups excluding tert-OH is 1. The van der Waals surface area contributed by atoms with E-state index in [-0.39, 0.29) is 17.8 Å². The summed E-state index contributed by atoms with van der Waals surface area (Å²) in [4.78, 5) is 12.2. The van der Waals surface area contributed by atoms with E-state index in [1.54, 1.807) is 0 Å². The van der Waals surface area contributed by atoms with Crippen molar-refractivity contribution in [2.24, 2.45) is 17.3 Å². The maximum Gasteiger partial charge on any atom is 0.312 e. The van der Waals surface area contributed by atoms with Crippen LogP contribution in [0.5, 0.6) is 0 Å². The summed E-state index contributed by atoms with van der Waals surface area (Å²) < 4.78 is 16.8. The van der Waals surface area contributed by atoms with Gasteiger partial charge in [0, 0.05) is 12.0 Å². The fourth-order valence-electron chi connectivity index (χ4n) is 4.40. The Bertz CT molecular complexity index is 866. The molecule has 1 aliphatic rings. The van der Waals surface area contributed by atoms with E-state index in [0.717, 1.165) is 17.5 Å². The fourth-order valence-corrected chi connectivity index (χ4v) is 4.40. The van der Waals surface area contributed by atoms with Crippen molar-refractivity contribution in [1.29, 1.82) is 0 Å². The highest BCUT2D eigenvalue weighted by Crippen LogP contribution is 2.43. The van der Waals surface area contributed by atoms with Crippen molar-refractivity contribution in [3.63, 3.8) is 0 Å². The molecular weight excluding hydrogens is 416 g/mol. The smallest absolute Gasteiger partial charge is 0.312 e. The first-order valence-corrected chi connectivity index (χ1v) is 11.7. The molecule has 0 aromatic heterocycles. The molecule has 0 saturated heterocycles. The van der Waals surface area contributed by atoms with E-state index >= 15 is 0 Å². The van der Waals surface area contributed by atoms with Crippen LogP contribution in [-0.2, 0) is 32.2 Å². The fraction of sp³-hybridized carbons (Fsp3) is 0.464. The number of esters is 1. The molecule has 0 fully saturated rings. The number of ether oxygens (including phenoxy) is 3. The lowest BCUT2D eigenvalue weighted by Gasteiger charge is -2.43. The van der Waals surface area contributed by atoms with Crippen molar-refractivity contribution in [3.05, 3.63) is 83.9 Å². The number of carbonyl (C=O) groups is 1. The number of aliphatic hydroxyl groups is 1. The molecule has 1 N–H and O–H groups in total. The van der Waals surface area contributed by atoms with Gasteiger partial charge < -0.3 is 19.3 Å². The van der Waals surface area contributed by atoms with Gasteiger partial charge in [-0.05, 0) is 36.3 Å². The van der Waals surface area contributed by atoms with Crippen molar-refractivity contribution in [3.8, 4) is 0 Å². The molecule has 2 aromatic rings. The Labute approximate surface area is 197 Å². The van der Waals surface area contributed by atoms with Crippen molar-refractivity contribution in [2.45, 2.75) is 45.5 Å². The van der Waals surface area contributed by atoms with Crippen LogP contribution in [0.4, 0.5) is 0 Å². The third-order valence-corrected chi connectivity index (χ3v) is 6.64. The molecule has 1 aliphatic carbocycles. The lowest BCUT2D eigenvalue weighted by molar-refractivity contribution is -0.145. The van der Waals surface area contributed by atoms with Gasteiger partial charge in [-0.15, -0.1) is 0 Å². The van der Waals surface area contributed by atoms with E-state index < -0.39 is 11.5 Å². The van der Waals surface area contributed by atoms with Gasteiger partial charge in [0.25, 0.3) is 0 Å². The van der Waals surface area contributed by atoms with Gasteiger partial charge in [-0.2, -0.15) is 0 Å². The number of methoxy groups -OCH3 is 1. The summed E-state index contributed by atoms with van der Waals surface area (Å²) in [7, 11) is 1.41. The van der Waals surface area contributed by atoms with Gasteiger partial charge in [0.1, 0.15) is 0 Å². The van der Waals surface area contributed by atoms with Crippen LogP contribution in [0, 0.1) is 17.3 Å². The summed E-state index contributed by atoms with van der Waals surface area (Å²) in [5, 5.41) is 11.1. The molecule has 4 atom stereocenters. The zero-order chi connectivity index (χ0) is 23.5. The van der Waals surface area contributed by atoms with Crippen LogP contribution >= 0.6 is 0 Å². The molecule has 0 amide bonds. The lowest BCUT2D eigenvalue weighted by Crippen LogP contribution is -2.44. The molecule has 5 nitrogen and oxygen atoms in total. The van der Waals surface area contributed by atoms with Crippen LogP contribution < -0.4 is 0 Å². The Balaban J connectivity index is 1.55. The Hall–Kier alpha value is -2.47. The molecule has 0 aliphatic heterocycles. The SMILES string of the molecule is COC(=O)C1C=C[C@@](C)([C@@H](O)CCCOCc2ccccc2)[C@@H](COCc2ccccc2)C1. The van der Waals surface area contributed by atoms with Gasteiger partial charge in [0.05, 0.1) is 39.0 Å². The normalized spacial score (nSPS) is 23.2. The summed E-state index contributed by atoms with van der Waals surface area (Å²) in [5.41, 5.74) is 1.76. The Morgan fingerprint density at radius 3 is 2.24 bits per heavy atom. The second-order valence-corrected chi connectivity index (χ2v) is 8.98. The van der Waals surface area contributed by atoms with Gasteiger partial charge in [-0.25, -0.2) is 0 Å². The first-order chi connectivity index (χ1) is 16.0. The Kier molecular flexibility index (Phi) is 9.67. The first-order valence-electron chi connectivity index (χ1n) is 11.7. The summed E-state index contributed by atoms with van der Waals surface area (Å²) in [5.74, 6) is -0.560. The summed E-state index contributed by atoms with van der Waals surface area (Å²) in [6, 6.07) is 20.1. The molecule has 2 aromatic carbocycles. The maximum absolute atomic E-state index is 12.2. The van der Waals surface area contributed by atoms with Crippen LogP contribution in [0.15, 0.2) is 72.8 Å². The zero-order valence-electron chi connectivity index (χ0n) is 19.7. The van der Waals surface area contributed by atoms with E-state index in [1.165, 1.54) is 7.11 Å². The number of hydrogen-bond donors (Lipinski definition) is 1. The van der Waals surface area contributed by atoms with Crippen molar-refractivity contribution in [2.75, 3.05) is 20.3 Å². The molecule has 0 saturated carbocycles. The highest BCUT2D eigenvalue weighted by atomic mass is 16.5. The average Bonchev–Trinajstić information content (AvgIpc) is 2.85. The zero-order valence-corrected chi connectivity index (χ0v) is 19.7. The number of rotatable bonds is 12. The van der Waals surface area contributed by atoms with Crippen LogP contribution in [0.2, 0.25) is 0 Å². The Morgan fingerprint density at radius 1 is 1.03 bits per heavy atom. The minimum absolute atomic E-state index is 0.00412. The lowest BCUT2D eigenvalue weighted by atomic mass is 9.65. The summed E-state index contributed by atoms with van der Waals surface area (Å²) in [6.07, 6.45) is 5.29. The molecule has 3 rings (SSSR count). The molecule has 0 heterocycles. The topological polar surface area (TPSA) is 65.0 Å². The van der Waals surface area contributed by atoms with Crippen LogP contribution in [0.3, 0.4) is 0 Å². The van der Waals surface area contributed by atoms with Crippen molar-refractivity contribution >= 4 is 5.97 Å². The maximum atomic E-state index is 12.2. The number of carbonyl (C=O) groups excluding carboxylic acids is 1. The highest BCUT2D eigenvalue weighted by Gasteiger charge is 2.43. The van der Waals surface area contributed by atoms with Crippen LogP contribution in [0.1, 0.15) is 37.3 Å². The van der Waals surface area contributed by atoms with Gasteiger partial charge >= 0.3 is 5.97 Å². The molecular formula is C28H36O5. The Morgan fingerprint density at radius 2 is 1.64 bits per heavy atom. The third kappa shape index (κ3) is 7.26. The monoisotopic (exact) mass is 452 g/mol. The number of benzene rings is 2. The quantitative estimate of drug-likeness (QED) is 0.281. The van der Waals surface area contributed by atoms with Crippen LogP contribution in [-0.4, -0.2) is 37.5 Å². The predicted molar refractivity (Wildman–Crippen MR) is 128 cm³/mol. The second kappa shape index (κ2) is 12.7. The number of hydrogen-bond acceptors (Lipinski definition) is 5. The predicted octanol–water partition coefficient (Wildman–Crippen LogP) is 4.93. The van der Waals surface area contributed by atoms with Gasteiger partial charge in [0.15, 0.2) is 0 Å². The molecule has 178 valence electrons. The van der Waals surface area contributed by atoms with Gasteiger partial charge in [0.2, 0.25) is 0 Å². The molecule has 33 heavy (non-hydrogen) atoms. The van der Waals surface area contributed by atoms with Gasteiger partial charge in [-0.1, -0.05) is 79.7 Å². The highest BCUT2D eigenvalue weighted by molar-refractivity contribution is 5.74. The molecule has 5 heteroatoms.